The number of amides is 1. The molecule has 0 spiro atoms. The molecule has 1 amide bonds. The average Bonchev–Trinajstić information content (AvgIpc) is 3.39. The number of benzene rings is 1. The smallest absolute Gasteiger partial charge is 0.337 e. The van der Waals surface area contributed by atoms with Gasteiger partial charge in [-0.2, -0.15) is 9.61 Å². The average molecular weight is 687 g/mol. The molecule has 4 rings (SSSR count). The summed E-state index contributed by atoms with van der Waals surface area (Å²) in [5.74, 6) is -2.00. The van der Waals surface area contributed by atoms with Crippen LogP contribution in [-0.4, -0.2) is 62.6 Å². The lowest BCUT2D eigenvalue weighted by Crippen LogP contribution is -2.41. The number of aliphatic carboxylic acids is 1. The fourth-order valence-electron chi connectivity index (χ4n) is 5.61. The van der Waals surface area contributed by atoms with Crippen LogP contribution < -0.4 is 10.2 Å². The first-order chi connectivity index (χ1) is 21.1. The number of rotatable bonds is 12. The number of carboxylic acids is 1. The maximum Gasteiger partial charge on any atom is 0.337 e. The Balaban J connectivity index is 1.67. The number of nitrogens with one attached hydrogen (secondary N) is 1. The molecule has 0 aliphatic carbocycles. The Morgan fingerprint density at radius 3 is 2.56 bits per heavy atom. The summed E-state index contributed by atoms with van der Waals surface area (Å²) in [4.78, 5) is 45.2. The quantitative estimate of drug-likeness (QED) is 0.223. The Labute approximate surface area is 271 Å². The number of nitrogens with zero attached hydrogens (tertiary/aromatic N) is 4. The van der Waals surface area contributed by atoms with Crippen molar-refractivity contribution in [2.24, 2.45) is 5.41 Å². The van der Waals surface area contributed by atoms with Crippen LogP contribution in [0.15, 0.2) is 41.4 Å². The van der Waals surface area contributed by atoms with E-state index < -0.39 is 29.4 Å². The van der Waals surface area contributed by atoms with Gasteiger partial charge in [-0.25, -0.2) is 14.2 Å². The van der Waals surface area contributed by atoms with Crippen LogP contribution in [0.3, 0.4) is 0 Å². The van der Waals surface area contributed by atoms with Gasteiger partial charge in [0.25, 0.3) is 5.91 Å². The third kappa shape index (κ3) is 8.35. The summed E-state index contributed by atoms with van der Waals surface area (Å²) in [7, 11) is 0. The molecule has 12 heteroatoms. The highest BCUT2D eigenvalue weighted by atomic mass is 79.9. The van der Waals surface area contributed by atoms with Crippen molar-refractivity contribution < 1.29 is 28.6 Å². The molecule has 1 fully saturated rings. The van der Waals surface area contributed by atoms with Crippen molar-refractivity contribution in [3.63, 3.8) is 0 Å². The minimum atomic E-state index is -1.33. The molecule has 1 aliphatic rings. The molecule has 2 N–H and O–H groups in total. The van der Waals surface area contributed by atoms with E-state index in [1.54, 1.807) is 27.7 Å². The standard InChI is InChI=1S/C33H41BrFN5O5/c1-7-8-11-33(6)12-14-39(15-13-33)30-27(28(31(43)44)45-32(3,4)5)20(2)37-26-18-25(38-40(26)30)29(42)36-19-23(41)17-21-16-22(35)9-10-24(21)34/h7,9-10,16,18,28H,1,8,11-15,17,19H2,2-6H3,(H,36,42)(H,43,44). The van der Waals surface area contributed by atoms with Crippen LogP contribution in [0.2, 0.25) is 0 Å². The number of piperidine rings is 1. The number of fused-ring (bicyclic) bond motifs is 1. The highest BCUT2D eigenvalue weighted by Gasteiger charge is 2.37. The molecule has 0 saturated carbocycles. The van der Waals surface area contributed by atoms with E-state index in [0.29, 0.717) is 45.8 Å². The molecule has 1 unspecified atom stereocenters. The molecule has 0 bridgehead atoms. The fraction of sp³-hybridized carbons (Fsp3) is 0.485. The third-order valence-electron chi connectivity index (χ3n) is 8.06. The van der Waals surface area contributed by atoms with E-state index >= 15 is 0 Å². The van der Waals surface area contributed by atoms with Crippen LogP contribution in [0.1, 0.15) is 86.8 Å². The Morgan fingerprint density at radius 1 is 1.24 bits per heavy atom. The van der Waals surface area contributed by atoms with E-state index in [1.807, 2.05) is 6.08 Å². The topological polar surface area (TPSA) is 126 Å². The highest BCUT2D eigenvalue weighted by Crippen LogP contribution is 2.40. The molecule has 3 heterocycles. The lowest BCUT2D eigenvalue weighted by Gasteiger charge is -2.41. The number of ketones is 1. The van der Waals surface area contributed by atoms with Crippen molar-refractivity contribution in [3.8, 4) is 0 Å². The molecule has 3 aromatic rings. The Kier molecular flexibility index (Phi) is 10.5. The number of carboxylic acid groups (broad SMARTS) is 1. The minimum Gasteiger partial charge on any atom is -0.479 e. The van der Waals surface area contributed by atoms with Gasteiger partial charge in [-0.05, 0) is 82.6 Å². The van der Waals surface area contributed by atoms with Crippen molar-refractivity contribution >= 4 is 45.1 Å². The second kappa shape index (κ2) is 13.8. The largest absolute Gasteiger partial charge is 0.479 e. The van der Waals surface area contributed by atoms with E-state index in [1.165, 1.54) is 28.8 Å². The van der Waals surface area contributed by atoms with E-state index in [4.69, 9.17) is 4.74 Å². The molecule has 242 valence electrons. The fourth-order valence-corrected chi connectivity index (χ4v) is 5.99. The van der Waals surface area contributed by atoms with Crippen LogP contribution in [0.25, 0.3) is 5.65 Å². The number of aryl methyl sites for hydroxylation is 1. The van der Waals surface area contributed by atoms with Crippen LogP contribution in [-0.2, 0) is 20.7 Å². The summed E-state index contributed by atoms with van der Waals surface area (Å²) >= 11 is 3.32. The Hall–Kier alpha value is -3.64. The molecule has 0 radical (unpaired) electrons. The number of carbonyl (C=O) groups excluding carboxylic acids is 2. The number of aromatic nitrogens is 3. The molecular formula is C33H41BrFN5O5. The van der Waals surface area contributed by atoms with Gasteiger partial charge >= 0.3 is 5.97 Å². The van der Waals surface area contributed by atoms with Crippen molar-refractivity contribution in [1.82, 2.24) is 19.9 Å². The van der Waals surface area contributed by atoms with E-state index in [9.17, 15) is 23.9 Å². The molecular weight excluding hydrogens is 645 g/mol. The van der Waals surface area contributed by atoms with Gasteiger partial charge in [0.1, 0.15) is 11.6 Å². The number of anilines is 1. The maximum absolute atomic E-state index is 13.7. The Morgan fingerprint density at radius 2 is 1.93 bits per heavy atom. The number of carbonyl (C=O) groups is 3. The second-order valence-corrected chi connectivity index (χ2v) is 13.8. The zero-order valence-electron chi connectivity index (χ0n) is 26.5. The third-order valence-corrected chi connectivity index (χ3v) is 8.83. The summed E-state index contributed by atoms with van der Waals surface area (Å²) in [6.07, 6.45) is 4.21. The van der Waals surface area contributed by atoms with Crippen molar-refractivity contribution in [2.75, 3.05) is 24.5 Å². The first-order valence-electron chi connectivity index (χ1n) is 15.0. The first-order valence-corrected chi connectivity index (χ1v) is 15.8. The zero-order valence-corrected chi connectivity index (χ0v) is 28.0. The Bertz CT molecular complexity index is 1610. The monoisotopic (exact) mass is 685 g/mol. The molecule has 1 aromatic carbocycles. The molecule has 45 heavy (non-hydrogen) atoms. The van der Waals surface area contributed by atoms with E-state index in [-0.39, 0.29) is 29.9 Å². The van der Waals surface area contributed by atoms with Crippen LogP contribution >= 0.6 is 15.9 Å². The number of ether oxygens (including phenoxy) is 1. The highest BCUT2D eigenvalue weighted by molar-refractivity contribution is 9.10. The number of halogens is 2. The number of hydrogen-bond donors (Lipinski definition) is 2. The van der Waals surface area contributed by atoms with Crippen LogP contribution in [0, 0.1) is 18.2 Å². The first kappa shape index (κ1) is 34.2. The van der Waals surface area contributed by atoms with Gasteiger partial charge in [-0.15, -0.1) is 6.58 Å². The lowest BCUT2D eigenvalue weighted by molar-refractivity contribution is -0.160. The van der Waals surface area contributed by atoms with Gasteiger partial charge in [0.15, 0.2) is 23.2 Å². The summed E-state index contributed by atoms with van der Waals surface area (Å²) in [5.41, 5.74) is 1.05. The lowest BCUT2D eigenvalue weighted by atomic mass is 9.76. The molecule has 1 aliphatic heterocycles. The SMILES string of the molecule is C=CCCC1(C)CCN(c2c(C(OC(C)(C)C)C(=O)O)c(C)nc3cc(C(=O)NCC(=O)Cc4cc(F)ccc4Br)nn23)CC1. The predicted molar refractivity (Wildman–Crippen MR) is 173 cm³/mol. The number of Topliss-reactive ketones (excluding diaryl/α,β-unsaturated/α-hetero) is 1. The maximum atomic E-state index is 13.7. The van der Waals surface area contributed by atoms with Gasteiger partial charge < -0.3 is 20.1 Å². The van der Waals surface area contributed by atoms with Crippen molar-refractivity contribution in [2.45, 2.75) is 78.4 Å². The van der Waals surface area contributed by atoms with Crippen LogP contribution in [0.4, 0.5) is 10.2 Å². The van der Waals surface area contributed by atoms with Crippen molar-refractivity contribution in [3.05, 3.63) is 69.7 Å². The molecule has 2 aromatic heterocycles. The normalized spacial score (nSPS) is 15.6. The van der Waals surface area contributed by atoms with Crippen LogP contribution in [0.5, 0.6) is 0 Å². The predicted octanol–water partition coefficient (Wildman–Crippen LogP) is 5.99. The zero-order chi connectivity index (χ0) is 33.1. The summed E-state index contributed by atoms with van der Waals surface area (Å²) in [6, 6.07) is 5.61. The van der Waals surface area contributed by atoms with Gasteiger partial charge in [-0.3, -0.25) is 9.59 Å². The summed E-state index contributed by atoms with van der Waals surface area (Å²) in [6.45, 7) is 14.2. The molecule has 1 atom stereocenters. The minimum absolute atomic E-state index is 0.0245. The van der Waals surface area contributed by atoms with Crippen molar-refractivity contribution in [1.29, 1.82) is 0 Å². The second-order valence-electron chi connectivity index (χ2n) is 12.9. The van der Waals surface area contributed by atoms with Gasteiger partial charge in [0, 0.05) is 35.7 Å². The number of hydrogen-bond acceptors (Lipinski definition) is 7. The summed E-state index contributed by atoms with van der Waals surface area (Å²) in [5, 5.41) is 17.5. The number of allylic oxidation sites excluding steroid dienone is 1. The molecule has 10 nitrogen and oxygen atoms in total. The van der Waals surface area contributed by atoms with E-state index in [0.717, 1.165) is 25.7 Å². The molecule has 1 saturated heterocycles. The van der Waals surface area contributed by atoms with Gasteiger partial charge in [0.05, 0.1) is 17.7 Å². The van der Waals surface area contributed by atoms with Gasteiger partial charge in [-0.1, -0.05) is 28.9 Å². The van der Waals surface area contributed by atoms with Gasteiger partial charge in [0.2, 0.25) is 0 Å². The van der Waals surface area contributed by atoms with E-state index in [2.05, 4.69) is 49.7 Å². The summed E-state index contributed by atoms with van der Waals surface area (Å²) < 4.78 is 21.8.